The predicted octanol–water partition coefficient (Wildman–Crippen LogP) is 13.1. The summed E-state index contributed by atoms with van der Waals surface area (Å²) in [6, 6.07) is 0. The van der Waals surface area contributed by atoms with Crippen molar-refractivity contribution in [2.75, 3.05) is 27.2 Å². The van der Waals surface area contributed by atoms with Crippen LogP contribution in [0.3, 0.4) is 0 Å². The number of carboxylic acids is 4. The van der Waals surface area contributed by atoms with E-state index in [0.717, 1.165) is 0 Å². The largest absolute Gasteiger partial charge is 0.480 e. The Balaban J connectivity index is 0.00000147. The van der Waals surface area contributed by atoms with Crippen LogP contribution in [0.15, 0.2) is 0 Å². The van der Waals surface area contributed by atoms with Crippen LogP contribution in [0, 0.1) is 10.8 Å². The summed E-state index contributed by atoms with van der Waals surface area (Å²) in [4.78, 5) is 44.3. The highest BCUT2D eigenvalue weighted by atomic mass is 16.4. The lowest BCUT2D eigenvalue weighted by Crippen LogP contribution is -2.57. The Morgan fingerprint density at radius 1 is 0.357 bits per heavy atom. The third-order valence-corrected chi connectivity index (χ3v) is 12.5. The maximum atomic E-state index is 11.1. The van der Waals surface area contributed by atoms with Crippen molar-refractivity contribution in [3.8, 4) is 0 Å². The second-order valence-corrected chi connectivity index (χ2v) is 17.9. The highest BCUT2D eigenvalue weighted by Crippen LogP contribution is 2.54. The number of aliphatic carboxylic acids is 4. The van der Waals surface area contributed by atoms with Gasteiger partial charge in [-0.3, -0.25) is 19.2 Å². The Morgan fingerprint density at radius 2 is 0.536 bits per heavy atom. The van der Waals surface area contributed by atoms with E-state index in [0.29, 0.717) is 0 Å². The highest BCUT2D eigenvalue weighted by molar-refractivity contribution is 6.13. The quantitative estimate of drug-likeness (QED) is 0.0274. The molecule has 0 spiro atoms. The molecule has 0 radical (unpaired) electrons. The van der Waals surface area contributed by atoms with Crippen molar-refractivity contribution in [3.05, 3.63) is 0 Å². The number of carbonyl (C=O) groups is 4. The Morgan fingerprint density at radius 3 is 0.714 bits per heavy atom. The number of nitrogens with zero attached hydrogens (tertiary/aromatic N) is 1. The molecule has 0 bridgehead atoms. The fourth-order valence-electron chi connectivity index (χ4n) is 8.67. The number of hydrogen-bond donors (Lipinski definition) is 4. The minimum absolute atomic E-state index is 0.0861. The Hall–Kier alpha value is -2.16. The zero-order valence-corrected chi connectivity index (χ0v) is 37.0. The van der Waals surface area contributed by atoms with E-state index in [1.54, 1.807) is 0 Å². The molecule has 0 atom stereocenters. The Bertz CT molecular complexity index is 908. The van der Waals surface area contributed by atoms with Crippen molar-refractivity contribution in [2.45, 2.75) is 239 Å². The molecule has 0 amide bonds. The zero-order valence-electron chi connectivity index (χ0n) is 37.0. The molecule has 0 unspecified atom stereocenters. The number of hydrogen-bond acceptors (Lipinski definition) is 4. The first-order valence-electron chi connectivity index (χ1n) is 23.6. The van der Waals surface area contributed by atoms with Gasteiger partial charge in [-0.25, -0.2) is 0 Å². The van der Waals surface area contributed by atoms with Gasteiger partial charge in [0.1, 0.15) is 0 Å². The molecule has 1 saturated carbocycles. The molecule has 0 heterocycles. The van der Waals surface area contributed by atoms with E-state index in [4.69, 9.17) is 20.4 Å². The van der Waals surface area contributed by atoms with Crippen molar-refractivity contribution < 1.29 is 44.1 Å². The monoisotopic (exact) mass is 797 g/mol. The topological polar surface area (TPSA) is 149 Å². The molecule has 0 aromatic heterocycles. The van der Waals surface area contributed by atoms with Crippen LogP contribution in [0.1, 0.15) is 239 Å². The molecule has 9 heteroatoms. The average molecular weight is 797 g/mol. The van der Waals surface area contributed by atoms with Crippen LogP contribution in [0.5, 0.6) is 0 Å². The summed E-state index contributed by atoms with van der Waals surface area (Å²) in [7, 11) is 4.94. The van der Waals surface area contributed by atoms with E-state index < -0.39 is 47.5 Å². The predicted molar refractivity (Wildman–Crippen MR) is 230 cm³/mol. The van der Waals surface area contributed by atoms with Gasteiger partial charge in [0.05, 0.1) is 27.2 Å². The molecular formula is C47H90NO8+. The van der Waals surface area contributed by atoms with Gasteiger partial charge in [-0.1, -0.05) is 194 Å². The smallest absolute Gasteiger partial charge is 0.322 e. The van der Waals surface area contributed by atoms with Gasteiger partial charge in [0.25, 0.3) is 0 Å². The normalized spacial score (nSPS) is 14.6. The molecule has 9 nitrogen and oxygen atoms in total. The Kier molecular flexibility index (Phi) is 32.5. The number of rotatable bonds is 38. The van der Waals surface area contributed by atoms with Gasteiger partial charge in [0, 0.05) is 0 Å². The van der Waals surface area contributed by atoms with Crippen LogP contribution >= 0.6 is 0 Å². The van der Waals surface area contributed by atoms with Crippen LogP contribution in [0.4, 0.5) is 0 Å². The molecule has 330 valence electrons. The molecule has 0 saturated heterocycles. The molecule has 56 heavy (non-hydrogen) atoms. The minimum atomic E-state index is -2.81. The summed E-state index contributed by atoms with van der Waals surface area (Å²) in [6.45, 7) is 7.39. The van der Waals surface area contributed by atoms with Gasteiger partial charge < -0.3 is 24.9 Å². The lowest BCUT2D eigenvalue weighted by Gasteiger charge is -2.32. The molecule has 0 aromatic carbocycles. The second kappa shape index (κ2) is 33.8. The van der Waals surface area contributed by atoms with Gasteiger partial charge in [0.2, 0.25) is 0 Å². The third-order valence-electron chi connectivity index (χ3n) is 12.5. The van der Waals surface area contributed by atoms with Crippen LogP contribution < -0.4 is 0 Å². The SMILES string of the molecule is CCCCCCCCCCCCCCCCCC[N+](C)(C)CCCCCCCCCCCCCCCCCC.O=C(O)C1(C(=O)O)CCCC1(C(=O)O)C(=O)O. The summed E-state index contributed by atoms with van der Waals surface area (Å²) in [5.74, 6) is -7.75. The van der Waals surface area contributed by atoms with Crippen LogP contribution in [-0.2, 0) is 19.2 Å². The Labute approximate surface area is 343 Å². The van der Waals surface area contributed by atoms with Crippen molar-refractivity contribution >= 4 is 23.9 Å². The van der Waals surface area contributed by atoms with Gasteiger partial charge in [-0.05, 0) is 44.9 Å². The van der Waals surface area contributed by atoms with E-state index in [1.807, 2.05) is 0 Å². The summed E-state index contributed by atoms with van der Waals surface area (Å²) < 4.78 is 1.25. The van der Waals surface area contributed by atoms with Gasteiger partial charge in [0.15, 0.2) is 10.8 Å². The van der Waals surface area contributed by atoms with Crippen molar-refractivity contribution in [3.63, 3.8) is 0 Å². The van der Waals surface area contributed by atoms with Crippen LogP contribution in [-0.4, -0.2) is 76.0 Å². The fourth-order valence-corrected chi connectivity index (χ4v) is 8.67. The van der Waals surface area contributed by atoms with Crippen LogP contribution in [0.25, 0.3) is 0 Å². The van der Waals surface area contributed by atoms with Crippen LogP contribution in [0.2, 0.25) is 0 Å². The fraction of sp³-hybridized carbons (Fsp3) is 0.915. The maximum Gasteiger partial charge on any atom is 0.322 e. The van der Waals surface area contributed by atoms with Gasteiger partial charge in [-0.15, -0.1) is 0 Å². The minimum Gasteiger partial charge on any atom is -0.480 e. The molecular weight excluding hydrogens is 707 g/mol. The van der Waals surface area contributed by atoms with E-state index in [2.05, 4.69) is 27.9 Å². The number of quaternary nitrogens is 1. The molecule has 1 fully saturated rings. The van der Waals surface area contributed by atoms with Crippen molar-refractivity contribution in [1.29, 1.82) is 0 Å². The molecule has 0 aliphatic heterocycles. The van der Waals surface area contributed by atoms with E-state index >= 15 is 0 Å². The maximum absolute atomic E-state index is 11.1. The second-order valence-electron chi connectivity index (χ2n) is 17.9. The summed E-state index contributed by atoms with van der Waals surface area (Å²) in [5.41, 5.74) is -5.63. The molecule has 0 aromatic rings. The van der Waals surface area contributed by atoms with Crippen molar-refractivity contribution in [1.82, 2.24) is 0 Å². The molecule has 1 rings (SSSR count). The highest BCUT2D eigenvalue weighted by Gasteiger charge is 2.73. The number of carboxylic acid groups (broad SMARTS) is 4. The van der Waals surface area contributed by atoms with Crippen molar-refractivity contribution in [2.24, 2.45) is 10.8 Å². The third kappa shape index (κ3) is 22.7. The number of unbranched alkanes of at least 4 members (excludes halogenated alkanes) is 30. The molecule has 4 N–H and O–H groups in total. The first-order valence-corrected chi connectivity index (χ1v) is 23.6. The van der Waals surface area contributed by atoms with E-state index in [1.165, 1.54) is 223 Å². The summed E-state index contributed by atoms with van der Waals surface area (Å²) >= 11 is 0. The van der Waals surface area contributed by atoms with Gasteiger partial charge >= 0.3 is 23.9 Å². The lowest BCUT2D eigenvalue weighted by molar-refractivity contribution is -0.890. The molecule has 1 aliphatic rings. The first-order chi connectivity index (χ1) is 26.9. The average Bonchev–Trinajstić information content (AvgIpc) is 3.59. The van der Waals surface area contributed by atoms with E-state index in [9.17, 15) is 19.2 Å². The first kappa shape index (κ1) is 53.8. The standard InChI is InChI=1S/C38H80N.C9H10O8/c1-5-7-9-11-13-15-17-19-21-23-25-27-29-31-33-35-37-39(3,4)38-36-34-32-30-28-26-24-22-20-18-16-14-12-10-8-6-2;10-4(11)8(5(12)13)2-1-3-9(8,6(14)15)7(16)17/h5-38H2,1-4H3;1-3H2,(H,10,11)(H,12,13)(H,14,15)(H,16,17)/q+1;. The summed E-state index contributed by atoms with van der Waals surface area (Å²) in [5, 5.41) is 35.8. The molecule has 1 aliphatic carbocycles. The lowest BCUT2D eigenvalue weighted by atomic mass is 9.65. The summed E-state index contributed by atoms with van der Waals surface area (Å²) in [6.07, 6.45) is 45.8. The zero-order chi connectivity index (χ0) is 42.0. The van der Waals surface area contributed by atoms with E-state index in [-0.39, 0.29) is 6.42 Å². The van der Waals surface area contributed by atoms with Gasteiger partial charge in [-0.2, -0.15) is 0 Å².